The van der Waals surface area contributed by atoms with Crippen molar-refractivity contribution in [1.29, 1.82) is 0 Å². The van der Waals surface area contributed by atoms with Crippen molar-refractivity contribution in [2.24, 2.45) is 0 Å². The summed E-state index contributed by atoms with van der Waals surface area (Å²) < 4.78 is 0. The van der Waals surface area contributed by atoms with Gasteiger partial charge in [-0.15, -0.1) is 0 Å². The van der Waals surface area contributed by atoms with Crippen molar-refractivity contribution in [3.63, 3.8) is 0 Å². The SMILES string of the molecule is CC/C=C\C=C(/C)C(=O)Cl. The number of halogens is 1. The van der Waals surface area contributed by atoms with Crippen molar-refractivity contribution in [3.05, 3.63) is 23.8 Å². The fourth-order valence-electron chi connectivity index (χ4n) is 0.414. The molecule has 0 radical (unpaired) electrons. The van der Waals surface area contributed by atoms with Crippen LogP contribution in [0, 0.1) is 0 Å². The monoisotopic (exact) mass is 158 g/mol. The van der Waals surface area contributed by atoms with Gasteiger partial charge in [-0.3, -0.25) is 4.79 Å². The van der Waals surface area contributed by atoms with Crippen LogP contribution in [0.1, 0.15) is 20.3 Å². The molecule has 0 unspecified atom stereocenters. The van der Waals surface area contributed by atoms with Gasteiger partial charge in [0.1, 0.15) is 0 Å². The highest BCUT2D eigenvalue weighted by atomic mass is 35.5. The van der Waals surface area contributed by atoms with E-state index in [0.717, 1.165) is 6.42 Å². The molecule has 1 nitrogen and oxygen atoms in total. The summed E-state index contributed by atoms with van der Waals surface area (Å²) >= 11 is 5.17. The topological polar surface area (TPSA) is 17.1 Å². The Labute approximate surface area is 66.4 Å². The fourth-order valence-corrected chi connectivity index (χ4v) is 0.477. The van der Waals surface area contributed by atoms with Gasteiger partial charge < -0.3 is 0 Å². The van der Waals surface area contributed by atoms with Crippen LogP contribution < -0.4 is 0 Å². The van der Waals surface area contributed by atoms with E-state index in [9.17, 15) is 4.79 Å². The second-order valence-corrected chi connectivity index (χ2v) is 2.30. The zero-order chi connectivity index (χ0) is 7.98. The number of hydrogen-bond donors (Lipinski definition) is 0. The maximum atomic E-state index is 10.4. The van der Waals surface area contributed by atoms with Crippen LogP contribution in [0.2, 0.25) is 0 Å². The molecule has 56 valence electrons. The molecule has 10 heavy (non-hydrogen) atoms. The largest absolute Gasteiger partial charge is 0.276 e. The van der Waals surface area contributed by atoms with Crippen LogP contribution in [0.3, 0.4) is 0 Å². The third-order valence-electron chi connectivity index (χ3n) is 1.03. The standard InChI is InChI=1S/C8H11ClO/c1-3-4-5-6-7(2)8(9)10/h4-6H,3H2,1-2H3/b5-4-,7-6+. The Balaban J connectivity index is 3.92. The van der Waals surface area contributed by atoms with Crippen molar-refractivity contribution in [2.45, 2.75) is 20.3 Å². The number of allylic oxidation sites excluding steroid dienone is 4. The Kier molecular flexibility index (Phi) is 4.95. The maximum Gasteiger partial charge on any atom is 0.248 e. The van der Waals surface area contributed by atoms with E-state index < -0.39 is 0 Å². The van der Waals surface area contributed by atoms with E-state index >= 15 is 0 Å². The molecule has 0 aliphatic carbocycles. The number of hydrogen-bond acceptors (Lipinski definition) is 1. The van der Waals surface area contributed by atoms with E-state index in [1.807, 2.05) is 19.1 Å². The maximum absolute atomic E-state index is 10.4. The molecule has 0 aliphatic heterocycles. The molecular formula is C8H11ClO. The van der Waals surface area contributed by atoms with Crippen molar-refractivity contribution in [3.8, 4) is 0 Å². The first-order valence-electron chi connectivity index (χ1n) is 3.21. The van der Waals surface area contributed by atoms with E-state index in [0.29, 0.717) is 5.57 Å². The molecule has 2 heteroatoms. The highest BCUT2D eigenvalue weighted by molar-refractivity contribution is 6.67. The summed E-state index contributed by atoms with van der Waals surface area (Å²) in [7, 11) is 0. The number of carbonyl (C=O) groups excluding carboxylic acids is 1. The van der Waals surface area contributed by atoms with Crippen molar-refractivity contribution >= 4 is 16.8 Å². The lowest BCUT2D eigenvalue weighted by Crippen LogP contribution is -1.85. The lowest BCUT2D eigenvalue weighted by molar-refractivity contribution is -0.108. The van der Waals surface area contributed by atoms with Crippen LogP contribution >= 0.6 is 11.6 Å². The molecule has 0 aromatic heterocycles. The average Bonchev–Trinajstić information content (AvgIpc) is 1.88. The van der Waals surface area contributed by atoms with Gasteiger partial charge in [-0.05, 0) is 24.9 Å². The van der Waals surface area contributed by atoms with Gasteiger partial charge in [-0.25, -0.2) is 0 Å². The minimum Gasteiger partial charge on any atom is -0.276 e. The molecule has 0 saturated carbocycles. The molecule has 0 saturated heterocycles. The normalized spacial score (nSPS) is 12.5. The molecule has 0 bridgehead atoms. The van der Waals surface area contributed by atoms with Crippen molar-refractivity contribution < 1.29 is 4.79 Å². The summed E-state index contributed by atoms with van der Waals surface area (Å²) in [6, 6.07) is 0. The van der Waals surface area contributed by atoms with Crippen LogP contribution in [0.25, 0.3) is 0 Å². The summed E-state index contributed by atoms with van der Waals surface area (Å²) in [5.74, 6) is 0. The molecular weight excluding hydrogens is 148 g/mol. The highest BCUT2D eigenvalue weighted by Gasteiger charge is 1.94. The van der Waals surface area contributed by atoms with Crippen LogP contribution in [0.15, 0.2) is 23.8 Å². The Morgan fingerprint density at radius 1 is 1.60 bits per heavy atom. The number of carbonyl (C=O) groups is 1. The van der Waals surface area contributed by atoms with Crippen molar-refractivity contribution in [2.75, 3.05) is 0 Å². The average molecular weight is 159 g/mol. The Morgan fingerprint density at radius 2 is 2.20 bits per heavy atom. The van der Waals surface area contributed by atoms with Gasteiger partial charge in [-0.1, -0.05) is 25.2 Å². The molecule has 0 N–H and O–H groups in total. The molecule has 0 heterocycles. The van der Waals surface area contributed by atoms with Crippen LogP contribution in [-0.2, 0) is 4.79 Å². The minimum atomic E-state index is -0.388. The van der Waals surface area contributed by atoms with Crippen molar-refractivity contribution in [1.82, 2.24) is 0 Å². The van der Waals surface area contributed by atoms with Gasteiger partial charge in [0, 0.05) is 5.57 Å². The first-order chi connectivity index (χ1) is 4.68. The van der Waals surface area contributed by atoms with Crippen LogP contribution in [-0.4, -0.2) is 5.24 Å². The molecule has 0 aromatic carbocycles. The molecule has 0 spiro atoms. The van der Waals surface area contributed by atoms with Gasteiger partial charge in [0.25, 0.3) is 0 Å². The van der Waals surface area contributed by atoms with E-state index in [-0.39, 0.29) is 5.24 Å². The summed E-state index contributed by atoms with van der Waals surface area (Å²) in [5, 5.41) is -0.388. The Bertz CT molecular complexity index is 168. The zero-order valence-electron chi connectivity index (χ0n) is 6.23. The molecule has 0 aromatic rings. The summed E-state index contributed by atoms with van der Waals surface area (Å²) in [6.07, 6.45) is 6.47. The molecule has 0 atom stereocenters. The minimum absolute atomic E-state index is 0.388. The summed E-state index contributed by atoms with van der Waals surface area (Å²) in [5.41, 5.74) is 0.575. The molecule has 0 rings (SSSR count). The predicted octanol–water partition coefficient (Wildman–Crippen LogP) is 2.66. The second-order valence-electron chi connectivity index (χ2n) is 1.96. The molecule has 0 amide bonds. The van der Waals surface area contributed by atoms with E-state index in [1.165, 1.54) is 0 Å². The van der Waals surface area contributed by atoms with Gasteiger partial charge >= 0.3 is 0 Å². The Morgan fingerprint density at radius 3 is 2.60 bits per heavy atom. The van der Waals surface area contributed by atoms with Gasteiger partial charge in [0.05, 0.1) is 0 Å². The molecule has 0 aliphatic rings. The highest BCUT2D eigenvalue weighted by Crippen LogP contribution is 1.98. The summed E-state index contributed by atoms with van der Waals surface area (Å²) in [6.45, 7) is 3.72. The Hall–Kier alpha value is -0.560. The third kappa shape index (κ3) is 4.33. The van der Waals surface area contributed by atoms with Crippen LogP contribution in [0.5, 0.6) is 0 Å². The van der Waals surface area contributed by atoms with E-state index in [2.05, 4.69) is 0 Å². The smallest absolute Gasteiger partial charge is 0.248 e. The fraction of sp³-hybridized carbons (Fsp3) is 0.375. The quantitative estimate of drug-likeness (QED) is 0.351. The summed E-state index contributed by atoms with van der Waals surface area (Å²) in [4.78, 5) is 10.4. The lowest BCUT2D eigenvalue weighted by atomic mass is 10.3. The molecule has 0 fully saturated rings. The first kappa shape index (κ1) is 9.44. The zero-order valence-corrected chi connectivity index (χ0v) is 6.98. The van der Waals surface area contributed by atoms with Gasteiger partial charge in [0.2, 0.25) is 5.24 Å². The predicted molar refractivity (Wildman–Crippen MR) is 44.0 cm³/mol. The number of rotatable bonds is 3. The first-order valence-corrected chi connectivity index (χ1v) is 3.59. The second kappa shape index (κ2) is 5.24. The van der Waals surface area contributed by atoms with Gasteiger partial charge in [0.15, 0.2) is 0 Å². The van der Waals surface area contributed by atoms with E-state index in [4.69, 9.17) is 11.6 Å². The van der Waals surface area contributed by atoms with E-state index in [1.54, 1.807) is 13.0 Å². The lowest BCUT2D eigenvalue weighted by Gasteiger charge is -1.85. The van der Waals surface area contributed by atoms with Gasteiger partial charge in [-0.2, -0.15) is 0 Å². The van der Waals surface area contributed by atoms with Crippen LogP contribution in [0.4, 0.5) is 0 Å². The third-order valence-corrected chi connectivity index (χ3v) is 1.33.